The number of carboxylic acids is 1. The van der Waals surface area contributed by atoms with Gasteiger partial charge in [0, 0.05) is 13.1 Å². The molecule has 4 N–H and O–H groups in total. The molecule has 21 heavy (non-hydrogen) atoms. The highest BCUT2D eigenvalue weighted by atomic mass is 16.4. The molecule has 1 fully saturated rings. The SMILES string of the molecule is CC1CN(C(=O)[C@@H](N)Cc2ccc(O)cc2)CC1C(=O)O. The van der Waals surface area contributed by atoms with Gasteiger partial charge in [0.25, 0.3) is 0 Å². The Morgan fingerprint density at radius 3 is 2.48 bits per heavy atom. The minimum atomic E-state index is -0.870. The molecule has 6 nitrogen and oxygen atoms in total. The van der Waals surface area contributed by atoms with Crippen LogP contribution in [0.5, 0.6) is 5.75 Å². The fourth-order valence-corrected chi connectivity index (χ4v) is 2.68. The van der Waals surface area contributed by atoms with Gasteiger partial charge in [-0.05, 0) is 30.0 Å². The van der Waals surface area contributed by atoms with E-state index in [9.17, 15) is 14.7 Å². The van der Waals surface area contributed by atoms with E-state index < -0.39 is 17.9 Å². The lowest BCUT2D eigenvalue weighted by Crippen LogP contribution is -2.44. The van der Waals surface area contributed by atoms with Crippen molar-refractivity contribution < 1.29 is 19.8 Å². The zero-order valence-electron chi connectivity index (χ0n) is 11.9. The topological polar surface area (TPSA) is 104 Å². The number of carboxylic acid groups (broad SMARTS) is 1. The Morgan fingerprint density at radius 2 is 1.95 bits per heavy atom. The van der Waals surface area contributed by atoms with Gasteiger partial charge in [-0.1, -0.05) is 19.1 Å². The van der Waals surface area contributed by atoms with E-state index in [4.69, 9.17) is 10.8 Å². The van der Waals surface area contributed by atoms with Crippen LogP contribution >= 0.6 is 0 Å². The van der Waals surface area contributed by atoms with E-state index in [1.54, 1.807) is 24.3 Å². The summed E-state index contributed by atoms with van der Waals surface area (Å²) in [6.07, 6.45) is 0.363. The zero-order chi connectivity index (χ0) is 15.6. The second-order valence-corrected chi connectivity index (χ2v) is 5.64. The number of nitrogens with zero attached hydrogens (tertiary/aromatic N) is 1. The molecular formula is C15H20N2O4. The third-order valence-corrected chi connectivity index (χ3v) is 3.95. The van der Waals surface area contributed by atoms with Crippen LogP contribution < -0.4 is 5.73 Å². The summed E-state index contributed by atoms with van der Waals surface area (Å²) in [5.74, 6) is -1.51. The minimum Gasteiger partial charge on any atom is -0.508 e. The number of hydrogen-bond donors (Lipinski definition) is 3. The van der Waals surface area contributed by atoms with Gasteiger partial charge < -0.3 is 20.8 Å². The molecule has 2 rings (SSSR count). The van der Waals surface area contributed by atoms with Crippen molar-refractivity contribution in [2.75, 3.05) is 13.1 Å². The number of benzene rings is 1. The van der Waals surface area contributed by atoms with Crippen molar-refractivity contribution in [3.8, 4) is 5.75 Å². The molecule has 0 radical (unpaired) electrons. The maximum Gasteiger partial charge on any atom is 0.308 e. The van der Waals surface area contributed by atoms with Gasteiger partial charge in [-0.3, -0.25) is 9.59 Å². The average Bonchev–Trinajstić information content (AvgIpc) is 2.82. The predicted octanol–water partition coefficient (Wildman–Crippen LogP) is 0.441. The van der Waals surface area contributed by atoms with Gasteiger partial charge in [-0.15, -0.1) is 0 Å². The van der Waals surface area contributed by atoms with Crippen LogP contribution in [0.3, 0.4) is 0 Å². The predicted molar refractivity (Wildman–Crippen MR) is 76.7 cm³/mol. The van der Waals surface area contributed by atoms with Crippen molar-refractivity contribution in [3.05, 3.63) is 29.8 Å². The Labute approximate surface area is 123 Å². The van der Waals surface area contributed by atoms with Crippen LogP contribution in [0, 0.1) is 11.8 Å². The van der Waals surface area contributed by atoms with Gasteiger partial charge >= 0.3 is 5.97 Å². The molecule has 0 saturated carbocycles. The van der Waals surface area contributed by atoms with Gasteiger partial charge in [0.1, 0.15) is 5.75 Å². The summed E-state index contributed by atoms with van der Waals surface area (Å²) >= 11 is 0. The summed E-state index contributed by atoms with van der Waals surface area (Å²) in [6, 6.07) is 5.83. The molecule has 1 aliphatic rings. The van der Waals surface area contributed by atoms with Crippen LogP contribution in [0.4, 0.5) is 0 Å². The van der Waals surface area contributed by atoms with Crippen molar-refractivity contribution in [2.24, 2.45) is 17.6 Å². The normalized spacial score (nSPS) is 23.0. The first-order valence-electron chi connectivity index (χ1n) is 6.93. The number of amides is 1. The van der Waals surface area contributed by atoms with Crippen LogP contribution in [0.2, 0.25) is 0 Å². The van der Waals surface area contributed by atoms with E-state index in [-0.39, 0.29) is 24.1 Å². The summed E-state index contributed by atoms with van der Waals surface area (Å²) in [5.41, 5.74) is 6.79. The summed E-state index contributed by atoms with van der Waals surface area (Å²) in [5, 5.41) is 18.3. The first kappa shape index (κ1) is 15.3. The second kappa shape index (κ2) is 6.13. The maximum absolute atomic E-state index is 12.3. The molecule has 114 valence electrons. The molecule has 0 bridgehead atoms. The van der Waals surface area contributed by atoms with Gasteiger partial charge in [-0.2, -0.15) is 0 Å². The Morgan fingerprint density at radius 1 is 1.33 bits per heavy atom. The van der Waals surface area contributed by atoms with Crippen molar-refractivity contribution in [3.63, 3.8) is 0 Å². The zero-order valence-corrected chi connectivity index (χ0v) is 11.9. The van der Waals surface area contributed by atoms with E-state index in [1.165, 1.54) is 4.90 Å². The lowest BCUT2D eigenvalue weighted by Gasteiger charge is -2.20. The van der Waals surface area contributed by atoms with Crippen LogP contribution in [-0.4, -0.2) is 46.1 Å². The van der Waals surface area contributed by atoms with Crippen molar-refractivity contribution in [1.29, 1.82) is 0 Å². The highest BCUT2D eigenvalue weighted by Gasteiger charge is 2.38. The van der Waals surface area contributed by atoms with Crippen LogP contribution in [0.25, 0.3) is 0 Å². The van der Waals surface area contributed by atoms with Gasteiger partial charge in [0.2, 0.25) is 5.91 Å². The molecule has 0 aliphatic carbocycles. The molecule has 0 spiro atoms. The monoisotopic (exact) mass is 292 g/mol. The van der Waals surface area contributed by atoms with Gasteiger partial charge in [-0.25, -0.2) is 0 Å². The van der Waals surface area contributed by atoms with E-state index >= 15 is 0 Å². The lowest BCUT2D eigenvalue weighted by atomic mass is 9.99. The number of aromatic hydroxyl groups is 1. The Balaban J connectivity index is 1.97. The largest absolute Gasteiger partial charge is 0.508 e. The second-order valence-electron chi connectivity index (χ2n) is 5.64. The van der Waals surface area contributed by atoms with E-state index in [1.807, 2.05) is 6.92 Å². The molecule has 0 aromatic heterocycles. The fourth-order valence-electron chi connectivity index (χ4n) is 2.68. The van der Waals surface area contributed by atoms with Crippen molar-refractivity contribution >= 4 is 11.9 Å². The molecule has 1 aromatic carbocycles. The smallest absolute Gasteiger partial charge is 0.308 e. The van der Waals surface area contributed by atoms with Crippen LogP contribution in [0.15, 0.2) is 24.3 Å². The van der Waals surface area contributed by atoms with Crippen LogP contribution in [0.1, 0.15) is 12.5 Å². The Hall–Kier alpha value is -2.08. The number of carbonyl (C=O) groups excluding carboxylic acids is 1. The number of carbonyl (C=O) groups is 2. The summed E-state index contributed by atoms with van der Waals surface area (Å²) < 4.78 is 0. The van der Waals surface area contributed by atoms with Crippen molar-refractivity contribution in [2.45, 2.75) is 19.4 Å². The van der Waals surface area contributed by atoms with Crippen LogP contribution in [-0.2, 0) is 16.0 Å². The number of phenolic OH excluding ortho intramolecular Hbond substituents is 1. The molecule has 2 unspecified atom stereocenters. The molecule has 1 aliphatic heterocycles. The van der Waals surface area contributed by atoms with E-state index in [0.717, 1.165) is 5.56 Å². The Kier molecular flexibility index (Phi) is 4.47. The fraction of sp³-hybridized carbons (Fsp3) is 0.467. The van der Waals surface area contributed by atoms with Gasteiger partial charge in [0.15, 0.2) is 0 Å². The van der Waals surface area contributed by atoms with E-state index in [0.29, 0.717) is 13.0 Å². The first-order chi connectivity index (χ1) is 9.88. The summed E-state index contributed by atoms with van der Waals surface area (Å²) in [6.45, 7) is 2.48. The molecule has 6 heteroatoms. The number of aliphatic carboxylic acids is 1. The molecule has 1 aromatic rings. The third-order valence-electron chi connectivity index (χ3n) is 3.95. The number of likely N-dealkylation sites (tertiary alicyclic amines) is 1. The minimum absolute atomic E-state index is 0.0627. The standard InChI is InChI=1S/C15H20N2O4/c1-9-7-17(8-12(9)15(20)21)14(19)13(16)6-10-2-4-11(18)5-3-10/h2-5,9,12-13,18H,6-8,16H2,1H3,(H,20,21)/t9?,12?,13-/m0/s1. The highest BCUT2D eigenvalue weighted by Crippen LogP contribution is 2.24. The molecule has 1 saturated heterocycles. The number of phenols is 1. The lowest BCUT2D eigenvalue weighted by molar-refractivity contribution is -0.142. The first-order valence-corrected chi connectivity index (χ1v) is 6.93. The average molecular weight is 292 g/mol. The molecular weight excluding hydrogens is 272 g/mol. The number of rotatable bonds is 4. The molecule has 3 atom stereocenters. The highest BCUT2D eigenvalue weighted by molar-refractivity contribution is 5.83. The number of nitrogens with two attached hydrogens (primary N) is 1. The van der Waals surface area contributed by atoms with Gasteiger partial charge in [0.05, 0.1) is 12.0 Å². The Bertz CT molecular complexity index is 529. The number of hydrogen-bond acceptors (Lipinski definition) is 4. The maximum atomic E-state index is 12.3. The third kappa shape index (κ3) is 3.52. The molecule has 1 amide bonds. The van der Waals surface area contributed by atoms with E-state index in [2.05, 4.69) is 0 Å². The summed E-state index contributed by atoms with van der Waals surface area (Å²) in [4.78, 5) is 24.9. The molecule has 1 heterocycles. The summed E-state index contributed by atoms with van der Waals surface area (Å²) in [7, 11) is 0. The van der Waals surface area contributed by atoms with Crippen molar-refractivity contribution in [1.82, 2.24) is 4.90 Å². The quantitative estimate of drug-likeness (QED) is 0.747.